The Morgan fingerprint density at radius 1 is 1.25 bits per heavy atom. The SMILES string of the molecule is CCN(CC(=O)NCc1cccs1)C(=O)CSc1ccc(Br)cc1. The maximum atomic E-state index is 12.3. The van der Waals surface area contributed by atoms with E-state index in [1.807, 2.05) is 48.7 Å². The van der Waals surface area contributed by atoms with Gasteiger partial charge in [-0.2, -0.15) is 0 Å². The van der Waals surface area contributed by atoms with Crippen LogP contribution in [0, 0.1) is 0 Å². The number of nitrogens with zero attached hydrogens (tertiary/aromatic N) is 1. The fraction of sp³-hybridized carbons (Fsp3) is 0.294. The molecule has 4 nitrogen and oxygen atoms in total. The van der Waals surface area contributed by atoms with Crippen LogP contribution in [0.2, 0.25) is 0 Å². The number of hydrogen-bond donors (Lipinski definition) is 1. The molecule has 0 saturated heterocycles. The average Bonchev–Trinajstić information content (AvgIpc) is 3.10. The molecule has 1 heterocycles. The minimum atomic E-state index is -0.132. The number of likely N-dealkylation sites (N-methyl/N-ethyl adjacent to an activating group) is 1. The van der Waals surface area contributed by atoms with Crippen molar-refractivity contribution in [1.29, 1.82) is 0 Å². The van der Waals surface area contributed by atoms with Crippen LogP contribution in [0.4, 0.5) is 0 Å². The van der Waals surface area contributed by atoms with Crippen molar-refractivity contribution >= 4 is 50.8 Å². The van der Waals surface area contributed by atoms with E-state index in [9.17, 15) is 9.59 Å². The number of nitrogens with one attached hydrogen (secondary N) is 1. The molecule has 24 heavy (non-hydrogen) atoms. The van der Waals surface area contributed by atoms with Crippen LogP contribution in [0.25, 0.3) is 0 Å². The Hall–Kier alpha value is -1.31. The summed E-state index contributed by atoms with van der Waals surface area (Å²) in [6.45, 7) is 3.01. The molecule has 0 aliphatic rings. The summed E-state index contributed by atoms with van der Waals surface area (Å²) in [7, 11) is 0. The van der Waals surface area contributed by atoms with Crippen LogP contribution in [0.1, 0.15) is 11.8 Å². The van der Waals surface area contributed by atoms with Crippen molar-refractivity contribution in [2.24, 2.45) is 0 Å². The minimum absolute atomic E-state index is 0.0308. The highest BCUT2D eigenvalue weighted by molar-refractivity contribution is 9.10. The highest BCUT2D eigenvalue weighted by atomic mass is 79.9. The molecular formula is C17H19BrN2O2S2. The number of thiophene rings is 1. The predicted molar refractivity (Wildman–Crippen MR) is 103 cm³/mol. The zero-order valence-corrected chi connectivity index (χ0v) is 16.5. The van der Waals surface area contributed by atoms with Gasteiger partial charge in [0.05, 0.1) is 18.8 Å². The van der Waals surface area contributed by atoms with Crippen molar-refractivity contribution in [3.05, 3.63) is 51.1 Å². The number of rotatable bonds is 8. The van der Waals surface area contributed by atoms with E-state index in [0.717, 1.165) is 14.2 Å². The van der Waals surface area contributed by atoms with E-state index in [1.165, 1.54) is 11.8 Å². The number of benzene rings is 1. The zero-order valence-electron chi connectivity index (χ0n) is 13.3. The van der Waals surface area contributed by atoms with Crippen molar-refractivity contribution in [1.82, 2.24) is 10.2 Å². The summed E-state index contributed by atoms with van der Waals surface area (Å²) < 4.78 is 1.01. The lowest BCUT2D eigenvalue weighted by Crippen LogP contribution is -2.41. The first kappa shape index (κ1) is 19.0. The molecule has 0 fully saturated rings. The van der Waals surface area contributed by atoms with Crippen LogP contribution in [0.3, 0.4) is 0 Å². The second-order valence-corrected chi connectivity index (χ2v) is 8.00. The monoisotopic (exact) mass is 426 g/mol. The third kappa shape index (κ3) is 6.30. The van der Waals surface area contributed by atoms with Gasteiger partial charge >= 0.3 is 0 Å². The fourth-order valence-corrected chi connectivity index (χ4v) is 3.68. The first-order chi connectivity index (χ1) is 11.6. The Morgan fingerprint density at radius 3 is 2.62 bits per heavy atom. The van der Waals surface area contributed by atoms with Crippen LogP contribution in [0.5, 0.6) is 0 Å². The molecule has 2 amide bonds. The fourth-order valence-electron chi connectivity index (χ4n) is 1.97. The first-order valence-corrected chi connectivity index (χ1v) is 10.2. The molecule has 7 heteroatoms. The van der Waals surface area contributed by atoms with Crippen molar-refractivity contribution in [3.63, 3.8) is 0 Å². The lowest BCUT2D eigenvalue weighted by atomic mass is 10.4. The molecular weight excluding hydrogens is 408 g/mol. The van der Waals surface area contributed by atoms with E-state index in [0.29, 0.717) is 18.8 Å². The lowest BCUT2D eigenvalue weighted by Gasteiger charge is -2.20. The number of halogens is 1. The Kier molecular flexibility index (Phi) is 7.81. The summed E-state index contributed by atoms with van der Waals surface area (Å²) in [5.41, 5.74) is 0. The third-order valence-electron chi connectivity index (χ3n) is 3.28. The van der Waals surface area contributed by atoms with Gasteiger partial charge in [-0.3, -0.25) is 9.59 Å². The van der Waals surface area contributed by atoms with Gasteiger partial charge in [-0.1, -0.05) is 22.0 Å². The van der Waals surface area contributed by atoms with Crippen LogP contribution < -0.4 is 5.32 Å². The van der Waals surface area contributed by atoms with Gasteiger partial charge in [-0.25, -0.2) is 0 Å². The number of amides is 2. The van der Waals surface area contributed by atoms with Crippen molar-refractivity contribution in [2.75, 3.05) is 18.8 Å². The van der Waals surface area contributed by atoms with Gasteiger partial charge in [0.15, 0.2) is 0 Å². The van der Waals surface area contributed by atoms with Gasteiger partial charge < -0.3 is 10.2 Å². The molecule has 0 spiro atoms. The minimum Gasteiger partial charge on any atom is -0.350 e. The second-order valence-electron chi connectivity index (χ2n) is 5.01. The van der Waals surface area contributed by atoms with Crippen molar-refractivity contribution < 1.29 is 9.59 Å². The number of carbonyl (C=O) groups excluding carboxylic acids is 2. The highest BCUT2D eigenvalue weighted by Crippen LogP contribution is 2.20. The first-order valence-electron chi connectivity index (χ1n) is 7.53. The standard InChI is InChI=1S/C17H19BrN2O2S2/c1-2-20(11-16(21)19-10-15-4-3-9-23-15)17(22)12-24-14-7-5-13(18)6-8-14/h3-9H,2,10-12H2,1H3,(H,19,21). The Balaban J connectivity index is 1.77. The molecule has 1 aromatic carbocycles. The van der Waals surface area contributed by atoms with Gasteiger partial charge in [-0.15, -0.1) is 23.1 Å². The maximum Gasteiger partial charge on any atom is 0.239 e. The molecule has 0 radical (unpaired) electrons. The Bertz CT molecular complexity index is 660. The van der Waals surface area contributed by atoms with Crippen molar-refractivity contribution in [2.45, 2.75) is 18.4 Å². The maximum absolute atomic E-state index is 12.3. The summed E-state index contributed by atoms with van der Waals surface area (Å²) in [6, 6.07) is 11.7. The number of thioether (sulfide) groups is 1. The molecule has 0 aliphatic heterocycles. The molecule has 128 valence electrons. The van der Waals surface area contributed by atoms with Crippen LogP contribution in [-0.2, 0) is 16.1 Å². The van der Waals surface area contributed by atoms with E-state index in [1.54, 1.807) is 16.2 Å². The van der Waals surface area contributed by atoms with Gasteiger partial charge in [0.25, 0.3) is 0 Å². The Morgan fingerprint density at radius 2 is 2.00 bits per heavy atom. The number of carbonyl (C=O) groups is 2. The van der Waals surface area contributed by atoms with Crippen molar-refractivity contribution in [3.8, 4) is 0 Å². The van der Waals surface area contributed by atoms with E-state index in [2.05, 4.69) is 21.2 Å². The number of hydrogen-bond acceptors (Lipinski definition) is 4. The van der Waals surface area contributed by atoms with Crippen LogP contribution in [0.15, 0.2) is 51.1 Å². The van der Waals surface area contributed by atoms with E-state index >= 15 is 0 Å². The summed E-state index contributed by atoms with van der Waals surface area (Å²) >= 11 is 6.47. The predicted octanol–water partition coefficient (Wildman–Crippen LogP) is 3.77. The lowest BCUT2D eigenvalue weighted by molar-refractivity contribution is -0.133. The molecule has 0 atom stereocenters. The molecule has 0 bridgehead atoms. The summed E-state index contributed by atoms with van der Waals surface area (Å²) in [4.78, 5) is 28.0. The summed E-state index contributed by atoms with van der Waals surface area (Å²) in [5.74, 6) is 0.164. The highest BCUT2D eigenvalue weighted by Gasteiger charge is 2.15. The normalized spacial score (nSPS) is 10.4. The van der Waals surface area contributed by atoms with E-state index in [4.69, 9.17) is 0 Å². The third-order valence-corrected chi connectivity index (χ3v) is 5.69. The second kappa shape index (κ2) is 9.86. The van der Waals surface area contributed by atoms with E-state index < -0.39 is 0 Å². The Labute approximate surface area is 158 Å². The van der Waals surface area contributed by atoms with Crippen LogP contribution in [-0.4, -0.2) is 35.6 Å². The molecule has 0 saturated carbocycles. The zero-order chi connectivity index (χ0) is 17.4. The molecule has 2 rings (SSSR count). The average molecular weight is 427 g/mol. The summed E-state index contributed by atoms with van der Waals surface area (Å²) in [6.07, 6.45) is 0. The molecule has 0 aliphatic carbocycles. The summed E-state index contributed by atoms with van der Waals surface area (Å²) in [5, 5.41) is 4.83. The van der Waals surface area contributed by atoms with Gasteiger partial charge in [0, 0.05) is 20.8 Å². The molecule has 1 N–H and O–H groups in total. The molecule has 1 aromatic heterocycles. The van der Waals surface area contributed by atoms with Gasteiger partial charge in [0.1, 0.15) is 0 Å². The van der Waals surface area contributed by atoms with Gasteiger partial charge in [0.2, 0.25) is 11.8 Å². The topological polar surface area (TPSA) is 49.4 Å². The quantitative estimate of drug-likeness (QED) is 0.653. The van der Waals surface area contributed by atoms with Gasteiger partial charge in [-0.05, 0) is 42.6 Å². The molecule has 0 unspecified atom stereocenters. The smallest absolute Gasteiger partial charge is 0.239 e. The van der Waals surface area contributed by atoms with Crippen LogP contribution >= 0.6 is 39.0 Å². The largest absolute Gasteiger partial charge is 0.350 e. The van der Waals surface area contributed by atoms with E-state index in [-0.39, 0.29) is 18.4 Å². The molecule has 2 aromatic rings.